The zero-order valence-electron chi connectivity index (χ0n) is 36.5. The average molecular weight is 818 g/mol. The van der Waals surface area contributed by atoms with Gasteiger partial charge in [0.15, 0.2) is 17.2 Å². The predicted octanol–water partition coefficient (Wildman–Crippen LogP) is 12.2. The van der Waals surface area contributed by atoms with Crippen LogP contribution in [0.1, 0.15) is 33.3 Å². The van der Waals surface area contributed by atoms with E-state index in [1.807, 2.05) is 19.9 Å². The average Bonchev–Trinajstić information content (AvgIpc) is 3.97. The van der Waals surface area contributed by atoms with Crippen LogP contribution >= 0.6 is 0 Å². The second kappa shape index (κ2) is 12.7. The van der Waals surface area contributed by atoms with E-state index >= 15 is 8.78 Å². The summed E-state index contributed by atoms with van der Waals surface area (Å²) >= 11 is 0. The van der Waals surface area contributed by atoms with Crippen molar-refractivity contribution in [2.45, 2.75) is 45.5 Å². The number of benzene rings is 7. The number of hydrogen-bond acceptors (Lipinski definition) is 1. The second-order valence-corrected chi connectivity index (χ2v) is 22.9. The van der Waals surface area contributed by atoms with Crippen LogP contribution in [0.15, 0.2) is 156 Å². The summed E-state index contributed by atoms with van der Waals surface area (Å²) in [6.07, 6.45) is 0.710. The fourth-order valence-corrected chi connectivity index (χ4v) is 11.9. The number of hydrogen-bond donors (Lipinski definition) is 0. The van der Waals surface area contributed by atoms with Crippen LogP contribution in [0.3, 0.4) is 0 Å². The molecule has 4 nitrogen and oxygen atoms in total. The van der Waals surface area contributed by atoms with Crippen LogP contribution in [-0.4, -0.2) is 12.6 Å². The molecule has 5 heterocycles. The summed E-state index contributed by atoms with van der Waals surface area (Å²) in [5.74, 6) is -0.509. The Balaban J connectivity index is 1.27. The summed E-state index contributed by atoms with van der Waals surface area (Å²) in [7, 11) is -2.22. The van der Waals surface area contributed by atoms with E-state index in [4.69, 9.17) is 4.42 Å². The highest BCUT2D eigenvalue weighted by Gasteiger charge is 2.66. The molecule has 296 valence electrons. The number of furan rings is 1. The molecule has 1 atom stereocenters. The number of fused-ring (bicyclic) bond motifs is 16. The molecule has 2 aliphatic rings. The second-order valence-electron chi connectivity index (χ2n) is 17.9. The molecule has 2 aliphatic heterocycles. The monoisotopic (exact) mass is 817 g/mol. The van der Waals surface area contributed by atoms with Crippen molar-refractivity contribution in [1.29, 1.82) is 0 Å². The first-order valence-electron chi connectivity index (χ1n) is 22.0. The van der Waals surface area contributed by atoms with Crippen LogP contribution < -0.4 is 14.3 Å². The lowest BCUT2D eigenvalue weighted by Gasteiger charge is -2.24. The Labute approximate surface area is 356 Å². The maximum Gasteiger partial charge on any atom is 0.364 e. The van der Waals surface area contributed by atoms with Crippen LogP contribution in [0.5, 0.6) is 0 Å². The lowest BCUT2D eigenvalue weighted by atomic mass is 9.89. The number of aromatic nitrogens is 3. The van der Waals surface area contributed by atoms with Gasteiger partial charge < -0.3 is 4.42 Å². The summed E-state index contributed by atoms with van der Waals surface area (Å²) in [6, 6.07) is 48.1. The first-order chi connectivity index (χ1) is 30.3. The highest BCUT2D eigenvalue weighted by Crippen LogP contribution is 2.51. The van der Waals surface area contributed by atoms with E-state index in [-0.39, 0.29) is 11.5 Å². The van der Waals surface area contributed by atoms with Gasteiger partial charge in [-0.15, -0.1) is 9.13 Å². The molecular weight excluding hydrogens is 773 g/mol. The molecule has 61 heavy (non-hydrogen) atoms. The van der Waals surface area contributed by atoms with Crippen LogP contribution in [0.25, 0.3) is 83.2 Å². The van der Waals surface area contributed by atoms with Gasteiger partial charge >= 0.3 is 11.5 Å². The molecule has 0 saturated heterocycles. The molecule has 0 fully saturated rings. The van der Waals surface area contributed by atoms with Crippen molar-refractivity contribution in [3.05, 3.63) is 180 Å². The van der Waals surface area contributed by atoms with Gasteiger partial charge in [0, 0.05) is 30.2 Å². The topological polar surface area (TPSA) is 25.8 Å². The van der Waals surface area contributed by atoms with E-state index in [0.29, 0.717) is 16.7 Å². The van der Waals surface area contributed by atoms with Gasteiger partial charge in [-0.1, -0.05) is 106 Å². The van der Waals surface area contributed by atoms with Crippen molar-refractivity contribution in [2.24, 2.45) is 5.92 Å². The third kappa shape index (κ3) is 4.89. The molecule has 0 bridgehead atoms. The van der Waals surface area contributed by atoms with Crippen molar-refractivity contribution in [2.75, 3.05) is 0 Å². The van der Waals surface area contributed by atoms with Gasteiger partial charge in [0.2, 0.25) is 5.69 Å². The van der Waals surface area contributed by atoms with Crippen molar-refractivity contribution in [1.82, 2.24) is 4.57 Å². The van der Waals surface area contributed by atoms with E-state index in [9.17, 15) is 2.74 Å². The Bertz CT molecular complexity index is 3600. The molecule has 1 spiro atoms. The maximum absolute atomic E-state index is 15.2. The number of para-hydroxylation sites is 2. The van der Waals surface area contributed by atoms with E-state index in [0.717, 1.165) is 82.8 Å². The van der Waals surface area contributed by atoms with Gasteiger partial charge in [-0.25, -0.2) is 8.78 Å². The van der Waals surface area contributed by atoms with Gasteiger partial charge in [-0.05, 0) is 95.5 Å². The minimum atomic E-state index is -2.22. The Kier molecular flexibility index (Phi) is 7.07. The fourth-order valence-electron chi connectivity index (χ4n) is 10.4. The lowest BCUT2D eigenvalue weighted by molar-refractivity contribution is -0.944. The Morgan fingerprint density at radius 3 is 2.25 bits per heavy atom. The largest absolute Gasteiger partial charge is 0.456 e. The third-order valence-electron chi connectivity index (χ3n) is 12.9. The fraction of sp³-hybridized carbons (Fsp3) is 0.148. The van der Waals surface area contributed by atoms with Gasteiger partial charge in [0.25, 0.3) is 0 Å². The first kappa shape index (κ1) is 34.1. The number of halogens is 2. The Morgan fingerprint density at radius 2 is 1.43 bits per heavy atom. The van der Waals surface area contributed by atoms with E-state index in [2.05, 4.69) is 149 Å². The molecule has 7 aromatic carbocycles. The summed E-state index contributed by atoms with van der Waals surface area (Å²) in [6.45, 7) is 10.8. The van der Waals surface area contributed by atoms with Gasteiger partial charge in [-0.2, -0.15) is 4.57 Å². The minimum Gasteiger partial charge on any atom is -0.456 e. The molecule has 3 aromatic heterocycles. The highest BCUT2D eigenvalue weighted by atomic mass is 28.3. The molecule has 1 unspecified atom stereocenters. The zero-order valence-corrected chi connectivity index (χ0v) is 35.5. The molecule has 0 N–H and O–H groups in total. The minimum absolute atomic E-state index is 0.0862. The van der Waals surface area contributed by atoms with E-state index in [1.165, 1.54) is 18.2 Å². The van der Waals surface area contributed by atoms with E-state index < -0.39 is 31.7 Å². The van der Waals surface area contributed by atoms with E-state index in [1.54, 1.807) is 12.1 Å². The predicted molar refractivity (Wildman–Crippen MR) is 244 cm³/mol. The number of rotatable bonds is 5. The Hall–Kier alpha value is -6.70. The quantitative estimate of drug-likeness (QED) is 0.125. The normalized spacial score (nSPS) is 16.1. The first-order valence-corrected chi connectivity index (χ1v) is 24.5. The van der Waals surface area contributed by atoms with Crippen LogP contribution in [0.4, 0.5) is 8.78 Å². The molecule has 10 aromatic rings. The number of pyridine rings is 1. The number of nitrogens with zero attached hydrogens (tertiary/aromatic N) is 3. The van der Waals surface area contributed by atoms with Crippen LogP contribution in [-0.2, 0) is 12.0 Å². The molecule has 0 radical (unpaired) electrons. The smallest absolute Gasteiger partial charge is 0.364 e. The maximum atomic E-state index is 15.2. The Morgan fingerprint density at radius 1 is 0.705 bits per heavy atom. The van der Waals surface area contributed by atoms with Crippen LogP contribution in [0.2, 0.25) is 19.6 Å². The molecule has 7 heteroatoms. The SMILES string of the molecule is [2H]C([2H])(c1cc2[n+](cc1[Si](C)(C)C)C1(c3ccccc3-2)c2cc3oc4cc(-c5c(F)cccc5F)ccc4c3cc2-c2n(-c3cccc4ccccc34)c3ccccc3[n+]21)C(C)C. The molecule has 12 rings (SSSR count). The summed E-state index contributed by atoms with van der Waals surface area (Å²) in [4.78, 5) is 0. The number of imidazole rings is 1. The summed E-state index contributed by atoms with van der Waals surface area (Å²) in [5, 5.41) is 5.06. The van der Waals surface area contributed by atoms with Crippen molar-refractivity contribution in [3.8, 4) is 39.5 Å². The zero-order chi connectivity index (χ0) is 43.3. The third-order valence-corrected chi connectivity index (χ3v) is 14.9. The van der Waals surface area contributed by atoms with Gasteiger partial charge in [-0.3, -0.25) is 0 Å². The standard InChI is InChI=1S/C54H43F2N3OSi/c1-32(2)26-35-27-48-38-17-8-9-18-41(38)54(57(48)31-51(35)61(3,4)5)42-30-50-39(37-25-24-34(28-49(37)60-50)52-43(55)19-13-20-44(52)56)29-40(42)53-58(46-21-10-11-22-47(46)59(53)54)45-23-12-15-33-14-6-7-16-36(33)45/h6-25,27-32H,26H2,1-5H3/q+2/i26D2. The molecule has 0 saturated carbocycles. The lowest BCUT2D eigenvalue weighted by Crippen LogP contribution is -2.72. The highest BCUT2D eigenvalue weighted by molar-refractivity contribution is 6.89. The van der Waals surface area contributed by atoms with Gasteiger partial charge in [0.1, 0.15) is 28.5 Å². The molecule has 0 amide bonds. The molecule has 0 aliphatic carbocycles. The molecular formula is C54H43F2N3OSi+2. The van der Waals surface area contributed by atoms with Crippen LogP contribution in [0, 0.1) is 17.6 Å². The summed E-state index contributed by atoms with van der Waals surface area (Å²) < 4.78 is 63.5. The summed E-state index contributed by atoms with van der Waals surface area (Å²) in [5.41, 5.74) is 9.53. The van der Waals surface area contributed by atoms with Crippen molar-refractivity contribution >= 4 is 57.0 Å². The van der Waals surface area contributed by atoms with Crippen molar-refractivity contribution in [3.63, 3.8) is 0 Å². The van der Waals surface area contributed by atoms with Gasteiger partial charge in [0.05, 0.1) is 35.9 Å². The van der Waals surface area contributed by atoms with Crippen molar-refractivity contribution < 1.29 is 25.1 Å².